The summed E-state index contributed by atoms with van der Waals surface area (Å²) in [6, 6.07) is 2.00. The molecule has 1 N–H and O–H groups in total. The Labute approximate surface area is 127 Å². The molecule has 1 unspecified atom stereocenters. The summed E-state index contributed by atoms with van der Waals surface area (Å²) in [5.74, 6) is 1.71. The first-order chi connectivity index (χ1) is 10.2. The van der Waals surface area contributed by atoms with Gasteiger partial charge in [0, 0.05) is 31.2 Å². The van der Waals surface area contributed by atoms with E-state index in [0.717, 1.165) is 25.1 Å². The monoisotopic (exact) mass is 286 g/mol. The van der Waals surface area contributed by atoms with Crippen molar-refractivity contribution in [3.05, 3.63) is 48.8 Å². The zero-order valence-electron chi connectivity index (χ0n) is 13.3. The summed E-state index contributed by atoms with van der Waals surface area (Å²) < 4.78 is 2.12. The van der Waals surface area contributed by atoms with E-state index in [1.807, 2.05) is 24.7 Å². The predicted molar refractivity (Wildman–Crippen MR) is 86.0 cm³/mol. The lowest BCUT2D eigenvalue weighted by Gasteiger charge is -2.34. The van der Waals surface area contributed by atoms with Crippen molar-refractivity contribution in [2.24, 2.45) is 5.92 Å². The van der Waals surface area contributed by atoms with Gasteiger partial charge in [0.05, 0.1) is 5.54 Å². The summed E-state index contributed by atoms with van der Waals surface area (Å²) in [4.78, 5) is 7.67. The van der Waals surface area contributed by atoms with Crippen LogP contribution in [0.15, 0.2) is 43.0 Å². The second-order valence-corrected chi connectivity index (χ2v) is 6.09. The molecule has 0 fully saturated rings. The molecule has 0 aliphatic heterocycles. The molecule has 0 spiro atoms. The molecule has 2 aromatic heterocycles. The van der Waals surface area contributed by atoms with E-state index < -0.39 is 0 Å². The van der Waals surface area contributed by atoms with Crippen LogP contribution in [-0.2, 0) is 12.0 Å². The summed E-state index contributed by atoms with van der Waals surface area (Å²) in [5.41, 5.74) is -0.0435. The van der Waals surface area contributed by atoms with E-state index in [4.69, 9.17) is 0 Å². The molecule has 4 heteroatoms. The first kappa shape index (κ1) is 15.5. The molecular weight excluding hydrogens is 260 g/mol. The topological polar surface area (TPSA) is 46.5 Å². The second-order valence-electron chi connectivity index (χ2n) is 6.09. The van der Waals surface area contributed by atoms with Gasteiger partial charge in [-0.3, -0.25) is 4.68 Å². The van der Waals surface area contributed by atoms with Gasteiger partial charge in [-0.25, -0.2) is 4.98 Å². The third-order valence-corrected chi connectivity index (χ3v) is 3.96. The third-order valence-electron chi connectivity index (χ3n) is 3.96. The Morgan fingerprint density at radius 3 is 2.81 bits per heavy atom. The lowest BCUT2D eigenvalue weighted by Crippen LogP contribution is -2.37. The molecule has 0 saturated heterocycles. The molecule has 0 aliphatic carbocycles. The van der Waals surface area contributed by atoms with Gasteiger partial charge in [-0.2, -0.15) is 5.10 Å². The molecule has 0 aliphatic rings. The first-order valence-corrected chi connectivity index (χ1v) is 7.76. The fourth-order valence-corrected chi connectivity index (χ4v) is 2.70. The van der Waals surface area contributed by atoms with Crippen molar-refractivity contribution in [3.63, 3.8) is 0 Å². The molecule has 21 heavy (non-hydrogen) atoms. The smallest absolute Gasteiger partial charge is 0.108 e. The number of aromatic nitrogens is 4. The standard InChI is InChI=1S/C17H26N4/c1-4-5-8-17(9-7-15(2)3,21-13-6-10-20-21)14-16-18-11-12-19-16/h4-6,10-13,15H,7-9,14H2,1-3H3,(H,18,19). The van der Waals surface area contributed by atoms with Gasteiger partial charge in [-0.05, 0) is 38.2 Å². The second kappa shape index (κ2) is 7.25. The number of rotatable bonds is 8. The summed E-state index contributed by atoms with van der Waals surface area (Å²) >= 11 is 0. The first-order valence-electron chi connectivity index (χ1n) is 7.76. The van der Waals surface area contributed by atoms with Crippen molar-refractivity contribution >= 4 is 0 Å². The molecule has 0 radical (unpaired) electrons. The maximum atomic E-state index is 4.54. The van der Waals surface area contributed by atoms with Crippen molar-refractivity contribution < 1.29 is 0 Å². The molecule has 2 rings (SSSR count). The van der Waals surface area contributed by atoms with Crippen LogP contribution in [0.4, 0.5) is 0 Å². The van der Waals surface area contributed by atoms with Gasteiger partial charge in [0.25, 0.3) is 0 Å². The highest BCUT2D eigenvalue weighted by Crippen LogP contribution is 2.32. The molecule has 4 nitrogen and oxygen atoms in total. The Bertz CT molecular complexity index is 525. The van der Waals surface area contributed by atoms with Crippen molar-refractivity contribution in [2.75, 3.05) is 0 Å². The van der Waals surface area contributed by atoms with Crippen molar-refractivity contribution in [3.8, 4) is 0 Å². The van der Waals surface area contributed by atoms with Crippen LogP contribution in [0, 0.1) is 5.92 Å². The quantitative estimate of drug-likeness (QED) is 0.747. The van der Waals surface area contributed by atoms with Crippen LogP contribution in [0.2, 0.25) is 0 Å². The van der Waals surface area contributed by atoms with Gasteiger partial charge in [0.1, 0.15) is 5.82 Å². The number of hydrogen-bond acceptors (Lipinski definition) is 2. The minimum Gasteiger partial charge on any atom is -0.349 e. The van der Waals surface area contributed by atoms with E-state index in [1.54, 1.807) is 0 Å². The van der Waals surface area contributed by atoms with Crippen molar-refractivity contribution in [1.82, 2.24) is 19.7 Å². The lowest BCUT2D eigenvalue weighted by atomic mass is 9.83. The number of allylic oxidation sites excluding steroid dienone is 2. The highest BCUT2D eigenvalue weighted by atomic mass is 15.3. The van der Waals surface area contributed by atoms with E-state index in [9.17, 15) is 0 Å². The third kappa shape index (κ3) is 4.06. The Morgan fingerprint density at radius 1 is 1.38 bits per heavy atom. The van der Waals surface area contributed by atoms with Crippen LogP contribution in [0.3, 0.4) is 0 Å². The van der Waals surface area contributed by atoms with Gasteiger partial charge < -0.3 is 4.98 Å². The zero-order valence-corrected chi connectivity index (χ0v) is 13.3. The SMILES string of the molecule is CC=CCC(CCC(C)C)(Cc1ncc[nH]1)n1cccn1. The highest BCUT2D eigenvalue weighted by molar-refractivity contribution is 5.03. The predicted octanol–water partition coefficient (Wildman–Crippen LogP) is 3.95. The van der Waals surface area contributed by atoms with Crippen LogP contribution >= 0.6 is 0 Å². The van der Waals surface area contributed by atoms with Gasteiger partial charge >= 0.3 is 0 Å². The Morgan fingerprint density at radius 2 is 2.24 bits per heavy atom. The molecule has 0 saturated carbocycles. The number of hydrogen-bond donors (Lipinski definition) is 1. The van der Waals surface area contributed by atoms with Crippen molar-refractivity contribution in [2.45, 2.75) is 52.0 Å². The fourth-order valence-electron chi connectivity index (χ4n) is 2.70. The largest absolute Gasteiger partial charge is 0.349 e. The average molecular weight is 286 g/mol. The number of imidazole rings is 1. The lowest BCUT2D eigenvalue weighted by molar-refractivity contribution is 0.215. The number of H-pyrrole nitrogens is 1. The summed E-state index contributed by atoms with van der Waals surface area (Å²) in [6.07, 6.45) is 16.1. The molecule has 0 aromatic carbocycles. The van der Waals surface area contributed by atoms with Crippen LogP contribution in [0.25, 0.3) is 0 Å². The average Bonchev–Trinajstić information content (AvgIpc) is 3.15. The number of aromatic amines is 1. The molecule has 1 atom stereocenters. The summed E-state index contributed by atoms with van der Waals surface area (Å²) in [5, 5.41) is 4.54. The Kier molecular flexibility index (Phi) is 5.37. The number of nitrogens with one attached hydrogen (secondary N) is 1. The van der Waals surface area contributed by atoms with Gasteiger partial charge in [-0.1, -0.05) is 26.0 Å². The molecule has 2 aromatic rings. The minimum absolute atomic E-state index is 0.0435. The maximum Gasteiger partial charge on any atom is 0.108 e. The van der Waals surface area contributed by atoms with Gasteiger partial charge in [-0.15, -0.1) is 0 Å². The minimum atomic E-state index is -0.0435. The van der Waals surface area contributed by atoms with E-state index in [0.29, 0.717) is 5.92 Å². The highest BCUT2D eigenvalue weighted by Gasteiger charge is 2.32. The van der Waals surface area contributed by atoms with Crippen LogP contribution < -0.4 is 0 Å². The normalized spacial score (nSPS) is 14.9. The molecule has 2 heterocycles. The molecule has 0 amide bonds. The maximum absolute atomic E-state index is 4.54. The Hall–Kier alpha value is -1.84. The zero-order chi connectivity index (χ0) is 15.1. The van der Waals surface area contributed by atoms with Crippen molar-refractivity contribution in [1.29, 1.82) is 0 Å². The van der Waals surface area contributed by atoms with Crippen LogP contribution in [0.1, 0.15) is 45.9 Å². The Balaban J connectivity index is 2.31. The van der Waals surface area contributed by atoms with E-state index in [-0.39, 0.29) is 5.54 Å². The fraction of sp³-hybridized carbons (Fsp3) is 0.529. The van der Waals surface area contributed by atoms with Crippen LogP contribution in [0.5, 0.6) is 0 Å². The molecular formula is C17H26N4. The van der Waals surface area contributed by atoms with E-state index in [2.05, 4.69) is 58.9 Å². The summed E-state index contributed by atoms with van der Waals surface area (Å²) in [7, 11) is 0. The summed E-state index contributed by atoms with van der Waals surface area (Å²) in [6.45, 7) is 6.62. The molecule has 114 valence electrons. The number of nitrogens with zero attached hydrogens (tertiary/aromatic N) is 3. The molecule has 0 bridgehead atoms. The van der Waals surface area contributed by atoms with Gasteiger partial charge in [0.2, 0.25) is 0 Å². The van der Waals surface area contributed by atoms with E-state index in [1.165, 1.54) is 6.42 Å². The van der Waals surface area contributed by atoms with Gasteiger partial charge in [0.15, 0.2) is 0 Å². The van der Waals surface area contributed by atoms with Crippen LogP contribution in [-0.4, -0.2) is 19.7 Å². The van der Waals surface area contributed by atoms with E-state index >= 15 is 0 Å².